The van der Waals surface area contributed by atoms with E-state index in [2.05, 4.69) is 25.8 Å². The molecule has 2 aromatic rings. The Bertz CT molecular complexity index is 706. The van der Waals surface area contributed by atoms with Crippen molar-refractivity contribution in [1.82, 2.24) is 20.8 Å². The summed E-state index contributed by atoms with van der Waals surface area (Å²) in [5.41, 5.74) is 0.233. The Hall–Kier alpha value is -1.78. The van der Waals surface area contributed by atoms with Crippen molar-refractivity contribution in [3.63, 3.8) is 0 Å². The molecule has 0 saturated heterocycles. The second-order valence-electron chi connectivity index (χ2n) is 5.54. The number of nitrogens with zero attached hydrogens (tertiary/aromatic N) is 3. The molecule has 138 valence electrons. The van der Waals surface area contributed by atoms with Gasteiger partial charge in [-0.2, -0.15) is 4.98 Å². The van der Waals surface area contributed by atoms with Gasteiger partial charge in [0, 0.05) is 38.0 Å². The molecule has 0 aliphatic heterocycles. The van der Waals surface area contributed by atoms with Gasteiger partial charge in [-0.25, -0.2) is 8.78 Å². The first-order valence-corrected chi connectivity index (χ1v) is 7.70. The van der Waals surface area contributed by atoms with E-state index < -0.39 is 11.6 Å². The maximum atomic E-state index is 13.6. The van der Waals surface area contributed by atoms with Crippen LogP contribution in [-0.2, 0) is 13.0 Å². The summed E-state index contributed by atoms with van der Waals surface area (Å²) in [7, 11) is 1.60. The van der Waals surface area contributed by atoms with E-state index in [9.17, 15) is 8.78 Å². The smallest absolute Gasteiger partial charge is 0.228 e. The standard InChI is InChI=1S/C16H21F2N5O.HI/c1-10(2)15-22-14(24-23-15)6-7-20-16(19-3)21-9-11-8-12(17)4-5-13(11)18;/h4-5,8,10H,6-7,9H2,1-3H3,(H2,19,20,21);1H. The van der Waals surface area contributed by atoms with Crippen molar-refractivity contribution in [1.29, 1.82) is 0 Å². The van der Waals surface area contributed by atoms with Crippen molar-refractivity contribution in [2.75, 3.05) is 13.6 Å². The first kappa shape index (κ1) is 21.3. The largest absolute Gasteiger partial charge is 0.356 e. The first-order valence-electron chi connectivity index (χ1n) is 7.70. The van der Waals surface area contributed by atoms with Gasteiger partial charge in [0.05, 0.1) is 0 Å². The van der Waals surface area contributed by atoms with Gasteiger partial charge >= 0.3 is 0 Å². The van der Waals surface area contributed by atoms with E-state index >= 15 is 0 Å². The number of halogens is 3. The molecule has 0 bridgehead atoms. The van der Waals surface area contributed by atoms with Crippen LogP contribution in [0.1, 0.15) is 37.0 Å². The van der Waals surface area contributed by atoms with E-state index in [0.717, 1.165) is 18.2 Å². The molecule has 2 rings (SSSR count). The molecular weight excluding hydrogens is 443 g/mol. The average molecular weight is 465 g/mol. The number of nitrogens with one attached hydrogen (secondary N) is 2. The van der Waals surface area contributed by atoms with Crippen LogP contribution in [0.5, 0.6) is 0 Å². The van der Waals surface area contributed by atoms with Crippen molar-refractivity contribution in [2.24, 2.45) is 4.99 Å². The normalized spacial score (nSPS) is 11.4. The predicted molar refractivity (Wildman–Crippen MR) is 102 cm³/mol. The summed E-state index contributed by atoms with van der Waals surface area (Å²) in [5, 5.41) is 9.88. The zero-order chi connectivity index (χ0) is 17.5. The lowest BCUT2D eigenvalue weighted by Crippen LogP contribution is -2.38. The van der Waals surface area contributed by atoms with Crippen LogP contribution >= 0.6 is 24.0 Å². The molecule has 0 fully saturated rings. The third kappa shape index (κ3) is 6.56. The van der Waals surface area contributed by atoms with Gasteiger partial charge < -0.3 is 15.2 Å². The van der Waals surface area contributed by atoms with Gasteiger partial charge in [-0.3, -0.25) is 4.99 Å². The van der Waals surface area contributed by atoms with Crippen LogP contribution in [0.4, 0.5) is 8.78 Å². The predicted octanol–water partition coefficient (Wildman–Crippen LogP) is 3.00. The minimum Gasteiger partial charge on any atom is -0.356 e. The highest BCUT2D eigenvalue weighted by molar-refractivity contribution is 14.0. The summed E-state index contributed by atoms with van der Waals surface area (Å²) < 4.78 is 31.9. The lowest BCUT2D eigenvalue weighted by molar-refractivity contribution is 0.371. The van der Waals surface area contributed by atoms with Gasteiger partial charge in [0.2, 0.25) is 5.89 Å². The molecule has 0 atom stereocenters. The molecule has 0 aliphatic carbocycles. The minimum atomic E-state index is -0.478. The second-order valence-corrected chi connectivity index (χ2v) is 5.54. The van der Waals surface area contributed by atoms with E-state index in [1.54, 1.807) is 7.05 Å². The first-order chi connectivity index (χ1) is 11.5. The monoisotopic (exact) mass is 465 g/mol. The SMILES string of the molecule is CN=C(NCCc1nc(C(C)C)no1)NCc1cc(F)ccc1F.I. The van der Waals surface area contributed by atoms with Crippen LogP contribution < -0.4 is 10.6 Å². The van der Waals surface area contributed by atoms with Gasteiger partial charge in [0.25, 0.3) is 0 Å². The Balaban J connectivity index is 0.00000312. The average Bonchev–Trinajstić information content (AvgIpc) is 3.03. The lowest BCUT2D eigenvalue weighted by atomic mass is 10.2. The summed E-state index contributed by atoms with van der Waals surface area (Å²) in [5.74, 6) is 0.958. The number of hydrogen-bond acceptors (Lipinski definition) is 4. The van der Waals surface area contributed by atoms with Crippen LogP contribution in [0.25, 0.3) is 0 Å². The highest BCUT2D eigenvalue weighted by Crippen LogP contribution is 2.10. The fraction of sp³-hybridized carbons (Fsp3) is 0.438. The maximum Gasteiger partial charge on any atom is 0.228 e. The minimum absolute atomic E-state index is 0. The quantitative estimate of drug-likeness (QED) is 0.390. The van der Waals surface area contributed by atoms with E-state index in [1.807, 2.05) is 13.8 Å². The highest BCUT2D eigenvalue weighted by atomic mass is 127. The molecule has 25 heavy (non-hydrogen) atoms. The zero-order valence-corrected chi connectivity index (χ0v) is 16.7. The summed E-state index contributed by atoms with van der Waals surface area (Å²) in [6, 6.07) is 3.34. The Morgan fingerprint density at radius 3 is 2.68 bits per heavy atom. The maximum absolute atomic E-state index is 13.6. The van der Waals surface area contributed by atoms with Gasteiger partial charge in [-0.15, -0.1) is 24.0 Å². The summed E-state index contributed by atoms with van der Waals surface area (Å²) >= 11 is 0. The van der Waals surface area contributed by atoms with Gasteiger partial charge in [0.1, 0.15) is 11.6 Å². The molecule has 1 aromatic carbocycles. The van der Waals surface area contributed by atoms with Crippen molar-refractivity contribution < 1.29 is 13.3 Å². The summed E-state index contributed by atoms with van der Waals surface area (Å²) in [6.45, 7) is 4.63. The Morgan fingerprint density at radius 1 is 1.28 bits per heavy atom. The molecular formula is C16H22F2IN5O. The number of aromatic nitrogens is 2. The van der Waals surface area contributed by atoms with Gasteiger partial charge in [-0.1, -0.05) is 19.0 Å². The number of rotatable bonds is 6. The molecule has 9 heteroatoms. The fourth-order valence-electron chi connectivity index (χ4n) is 1.97. The third-order valence-electron chi connectivity index (χ3n) is 3.31. The summed E-state index contributed by atoms with van der Waals surface area (Å²) in [4.78, 5) is 8.31. The molecule has 0 saturated carbocycles. The number of hydrogen-bond donors (Lipinski definition) is 2. The molecule has 0 unspecified atom stereocenters. The Morgan fingerprint density at radius 2 is 2.04 bits per heavy atom. The molecule has 1 heterocycles. The molecule has 6 nitrogen and oxygen atoms in total. The van der Waals surface area contributed by atoms with Crippen molar-refractivity contribution in [3.05, 3.63) is 47.1 Å². The van der Waals surface area contributed by atoms with Crippen molar-refractivity contribution in [2.45, 2.75) is 32.7 Å². The molecule has 2 N–H and O–H groups in total. The molecule has 1 aromatic heterocycles. The molecule has 0 amide bonds. The van der Waals surface area contributed by atoms with Crippen LogP contribution in [0.3, 0.4) is 0 Å². The van der Waals surface area contributed by atoms with Gasteiger partial charge in [0.15, 0.2) is 11.8 Å². The van der Waals surface area contributed by atoms with E-state index in [4.69, 9.17) is 4.52 Å². The number of aliphatic imine (C=N–C) groups is 1. The van der Waals surface area contributed by atoms with E-state index in [1.165, 1.54) is 0 Å². The number of guanidine groups is 1. The van der Waals surface area contributed by atoms with Gasteiger partial charge in [-0.05, 0) is 18.2 Å². The third-order valence-corrected chi connectivity index (χ3v) is 3.31. The Labute approximate surface area is 162 Å². The highest BCUT2D eigenvalue weighted by Gasteiger charge is 2.10. The lowest BCUT2D eigenvalue weighted by Gasteiger charge is -2.11. The van der Waals surface area contributed by atoms with Crippen LogP contribution in [0.15, 0.2) is 27.7 Å². The van der Waals surface area contributed by atoms with E-state index in [-0.39, 0.29) is 42.0 Å². The van der Waals surface area contributed by atoms with Crippen LogP contribution in [0, 0.1) is 11.6 Å². The Kier molecular flexibility index (Phi) is 8.73. The van der Waals surface area contributed by atoms with E-state index in [0.29, 0.717) is 30.6 Å². The molecule has 0 aliphatic rings. The zero-order valence-electron chi connectivity index (χ0n) is 14.3. The van der Waals surface area contributed by atoms with Crippen LogP contribution in [-0.4, -0.2) is 29.7 Å². The number of benzene rings is 1. The van der Waals surface area contributed by atoms with Crippen LogP contribution in [0.2, 0.25) is 0 Å². The van der Waals surface area contributed by atoms with Crippen molar-refractivity contribution in [3.8, 4) is 0 Å². The fourth-order valence-corrected chi connectivity index (χ4v) is 1.97. The van der Waals surface area contributed by atoms with Crippen molar-refractivity contribution >= 4 is 29.9 Å². The molecule has 0 spiro atoms. The topological polar surface area (TPSA) is 75.3 Å². The second kappa shape index (κ2) is 10.3. The molecule has 0 radical (unpaired) electrons. The summed E-state index contributed by atoms with van der Waals surface area (Å²) in [6.07, 6.45) is 0.536.